The summed E-state index contributed by atoms with van der Waals surface area (Å²) in [5, 5.41) is 3.02. The molecule has 1 aromatic rings. The van der Waals surface area contributed by atoms with E-state index in [0.29, 0.717) is 22.5 Å². The summed E-state index contributed by atoms with van der Waals surface area (Å²) in [5.74, 6) is 0. The van der Waals surface area contributed by atoms with Crippen molar-refractivity contribution in [3.05, 3.63) is 40.9 Å². The number of allylic oxidation sites excluding steroid dienone is 1. The number of nitrogens with one attached hydrogen (secondary N) is 1. The van der Waals surface area contributed by atoms with Gasteiger partial charge < -0.3 is 5.32 Å². The van der Waals surface area contributed by atoms with Crippen molar-refractivity contribution in [3.8, 4) is 0 Å². The fraction of sp³-hybridized carbons (Fsp3) is 0.429. The van der Waals surface area contributed by atoms with Crippen molar-refractivity contribution in [2.75, 3.05) is 20.6 Å². The molecule has 0 bridgehead atoms. The summed E-state index contributed by atoms with van der Waals surface area (Å²) >= 11 is 3.33. The number of halogens is 1. The van der Waals surface area contributed by atoms with Gasteiger partial charge in [0.25, 0.3) is 0 Å². The summed E-state index contributed by atoms with van der Waals surface area (Å²) in [4.78, 5) is 0.311. The average Bonchev–Trinajstić information content (AvgIpc) is 2.41. The van der Waals surface area contributed by atoms with Crippen molar-refractivity contribution in [2.24, 2.45) is 0 Å². The lowest BCUT2D eigenvalue weighted by molar-refractivity contribution is 0.462. The number of benzene rings is 1. The molecule has 0 aliphatic carbocycles. The van der Waals surface area contributed by atoms with E-state index in [2.05, 4.69) is 27.8 Å². The maximum absolute atomic E-state index is 12.6. The van der Waals surface area contributed by atoms with Crippen molar-refractivity contribution >= 4 is 26.0 Å². The van der Waals surface area contributed by atoms with Gasteiger partial charge in [0.2, 0.25) is 10.0 Å². The quantitative estimate of drug-likeness (QED) is 0.572. The number of nitrogens with zero attached hydrogens (tertiary/aromatic N) is 1. The Bertz CT molecular complexity index is 558. The highest BCUT2D eigenvalue weighted by atomic mass is 79.9. The Balaban J connectivity index is 3.01. The third-order valence-corrected chi connectivity index (χ3v) is 5.80. The minimum atomic E-state index is -3.47. The van der Waals surface area contributed by atoms with Crippen molar-refractivity contribution in [1.29, 1.82) is 0 Å². The third-order valence-electron chi connectivity index (χ3n) is 2.95. The molecule has 0 radical (unpaired) electrons. The van der Waals surface area contributed by atoms with Crippen LogP contribution in [0.15, 0.2) is 40.2 Å². The first kappa shape index (κ1) is 17.4. The molecule has 0 unspecified atom stereocenters. The monoisotopic (exact) mass is 360 g/mol. The zero-order valence-corrected chi connectivity index (χ0v) is 14.3. The van der Waals surface area contributed by atoms with E-state index in [1.165, 1.54) is 4.31 Å². The fourth-order valence-corrected chi connectivity index (χ4v) is 3.99. The molecule has 0 saturated carbocycles. The van der Waals surface area contributed by atoms with E-state index in [9.17, 15) is 8.42 Å². The first-order valence-electron chi connectivity index (χ1n) is 6.43. The molecular formula is C14H21BrN2O2S. The number of hydrogen-bond acceptors (Lipinski definition) is 3. The molecule has 0 aliphatic heterocycles. The van der Waals surface area contributed by atoms with Crippen LogP contribution in [0.5, 0.6) is 0 Å². The largest absolute Gasteiger partial charge is 0.316 e. The Kier molecular flexibility index (Phi) is 6.88. The Hall–Kier alpha value is -0.690. The SMILES string of the molecule is C=CCCCN(C)S(=O)(=O)c1cc(CNC)ccc1Br. The Labute approximate surface area is 130 Å². The molecule has 0 amide bonds. The van der Waals surface area contributed by atoms with Crippen LogP contribution in [0.2, 0.25) is 0 Å². The first-order chi connectivity index (χ1) is 9.43. The maximum atomic E-state index is 12.6. The van der Waals surface area contributed by atoms with Crippen molar-refractivity contribution in [3.63, 3.8) is 0 Å². The molecular weight excluding hydrogens is 340 g/mol. The number of sulfonamides is 1. The van der Waals surface area contributed by atoms with Crippen LogP contribution in [-0.4, -0.2) is 33.4 Å². The molecule has 1 rings (SSSR count). The highest BCUT2D eigenvalue weighted by Gasteiger charge is 2.23. The lowest BCUT2D eigenvalue weighted by Crippen LogP contribution is -2.28. The molecule has 1 N–H and O–H groups in total. The summed E-state index contributed by atoms with van der Waals surface area (Å²) in [5.41, 5.74) is 0.939. The molecule has 112 valence electrons. The first-order valence-corrected chi connectivity index (χ1v) is 8.67. The van der Waals surface area contributed by atoms with Gasteiger partial charge in [-0.3, -0.25) is 0 Å². The van der Waals surface area contributed by atoms with Crippen LogP contribution in [0.25, 0.3) is 0 Å². The van der Waals surface area contributed by atoms with Crippen LogP contribution < -0.4 is 5.32 Å². The molecule has 0 heterocycles. The lowest BCUT2D eigenvalue weighted by atomic mass is 10.2. The van der Waals surface area contributed by atoms with Gasteiger partial charge in [-0.2, -0.15) is 0 Å². The summed E-state index contributed by atoms with van der Waals surface area (Å²) < 4.78 is 27.1. The van der Waals surface area contributed by atoms with E-state index < -0.39 is 10.0 Å². The molecule has 1 aromatic carbocycles. The minimum absolute atomic E-state index is 0.311. The maximum Gasteiger partial charge on any atom is 0.243 e. The minimum Gasteiger partial charge on any atom is -0.316 e. The average molecular weight is 361 g/mol. The van der Waals surface area contributed by atoms with Crippen LogP contribution in [-0.2, 0) is 16.6 Å². The molecule has 4 nitrogen and oxygen atoms in total. The predicted molar refractivity (Wildman–Crippen MR) is 86.2 cm³/mol. The van der Waals surface area contributed by atoms with Crippen LogP contribution in [0.4, 0.5) is 0 Å². The molecule has 0 aromatic heterocycles. The molecule has 0 aliphatic rings. The smallest absolute Gasteiger partial charge is 0.243 e. The summed E-state index contributed by atoms with van der Waals surface area (Å²) in [6, 6.07) is 5.38. The van der Waals surface area contributed by atoms with Gasteiger partial charge in [-0.1, -0.05) is 12.1 Å². The van der Waals surface area contributed by atoms with Crippen LogP contribution in [0.1, 0.15) is 18.4 Å². The van der Waals surface area contributed by atoms with Gasteiger partial charge in [0.05, 0.1) is 4.90 Å². The second kappa shape index (κ2) is 7.93. The van der Waals surface area contributed by atoms with Crippen LogP contribution in [0.3, 0.4) is 0 Å². The van der Waals surface area contributed by atoms with Gasteiger partial charge in [0.15, 0.2) is 0 Å². The standard InChI is InChI=1S/C14H21BrN2O2S/c1-4-5-6-9-17(3)20(18,19)14-10-12(11-16-2)7-8-13(14)15/h4,7-8,10,16H,1,5-6,9,11H2,2-3H3. The van der Waals surface area contributed by atoms with Crippen molar-refractivity contribution in [1.82, 2.24) is 9.62 Å². The second-order valence-electron chi connectivity index (χ2n) is 4.55. The number of hydrogen-bond donors (Lipinski definition) is 1. The number of rotatable bonds is 8. The van der Waals surface area contributed by atoms with Gasteiger partial charge in [0, 0.05) is 24.6 Å². The third kappa shape index (κ3) is 4.41. The predicted octanol–water partition coefficient (Wildman–Crippen LogP) is 2.76. The summed E-state index contributed by atoms with van der Waals surface area (Å²) in [6.07, 6.45) is 3.37. The highest BCUT2D eigenvalue weighted by Crippen LogP contribution is 2.26. The molecule has 0 atom stereocenters. The molecule has 20 heavy (non-hydrogen) atoms. The van der Waals surface area contributed by atoms with E-state index in [1.54, 1.807) is 25.3 Å². The summed E-state index contributed by atoms with van der Waals surface area (Å²) in [6.45, 7) is 4.76. The zero-order chi connectivity index (χ0) is 15.2. The van der Waals surface area contributed by atoms with E-state index in [4.69, 9.17) is 0 Å². The van der Waals surface area contributed by atoms with Crippen molar-refractivity contribution in [2.45, 2.75) is 24.3 Å². The Morgan fingerprint density at radius 2 is 2.15 bits per heavy atom. The normalized spacial score (nSPS) is 11.8. The van der Waals surface area contributed by atoms with Crippen LogP contribution in [0, 0.1) is 0 Å². The van der Waals surface area contributed by atoms with E-state index in [1.807, 2.05) is 13.1 Å². The van der Waals surface area contributed by atoms with E-state index in [0.717, 1.165) is 18.4 Å². The zero-order valence-electron chi connectivity index (χ0n) is 11.9. The van der Waals surface area contributed by atoms with Crippen molar-refractivity contribution < 1.29 is 8.42 Å². The van der Waals surface area contributed by atoms with Gasteiger partial charge in [-0.15, -0.1) is 6.58 Å². The second-order valence-corrected chi connectivity index (χ2v) is 7.42. The van der Waals surface area contributed by atoms with Crippen LogP contribution >= 0.6 is 15.9 Å². The molecule has 0 saturated heterocycles. The number of unbranched alkanes of at least 4 members (excludes halogenated alkanes) is 1. The van der Waals surface area contributed by atoms with Gasteiger partial charge in [-0.05, 0) is 53.5 Å². The lowest BCUT2D eigenvalue weighted by Gasteiger charge is -2.18. The van der Waals surface area contributed by atoms with Gasteiger partial charge in [-0.25, -0.2) is 12.7 Å². The highest BCUT2D eigenvalue weighted by molar-refractivity contribution is 9.10. The fourth-order valence-electron chi connectivity index (χ4n) is 1.81. The topological polar surface area (TPSA) is 49.4 Å². The van der Waals surface area contributed by atoms with E-state index in [-0.39, 0.29) is 0 Å². The molecule has 6 heteroatoms. The van der Waals surface area contributed by atoms with E-state index >= 15 is 0 Å². The molecule has 0 spiro atoms. The summed E-state index contributed by atoms with van der Waals surface area (Å²) in [7, 11) is -0.0288. The Morgan fingerprint density at radius 1 is 1.45 bits per heavy atom. The molecule has 0 fully saturated rings. The van der Waals surface area contributed by atoms with Gasteiger partial charge in [0.1, 0.15) is 0 Å². The van der Waals surface area contributed by atoms with Gasteiger partial charge >= 0.3 is 0 Å². The Morgan fingerprint density at radius 3 is 2.75 bits per heavy atom.